The zero-order valence-corrected chi connectivity index (χ0v) is 19.8. The van der Waals surface area contributed by atoms with Crippen molar-refractivity contribution in [2.75, 3.05) is 13.2 Å². The summed E-state index contributed by atoms with van der Waals surface area (Å²) in [5.74, 6) is -0.859. The van der Waals surface area contributed by atoms with Crippen molar-refractivity contribution in [1.82, 2.24) is 0 Å². The highest BCUT2D eigenvalue weighted by atomic mass is 35.5. The van der Waals surface area contributed by atoms with Crippen molar-refractivity contribution in [3.63, 3.8) is 0 Å². The molecule has 1 heterocycles. The Morgan fingerprint density at radius 1 is 1.03 bits per heavy atom. The van der Waals surface area contributed by atoms with E-state index in [4.69, 9.17) is 25.8 Å². The van der Waals surface area contributed by atoms with Crippen LogP contribution in [0, 0.1) is 0 Å². The molecular formula is C25H33ClO5. The molecule has 0 radical (unpaired) electrons. The average Bonchev–Trinajstić information content (AvgIpc) is 3.12. The minimum Gasteiger partial charge on any atom is -0.459 e. The van der Waals surface area contributed by atoms with Gasteiger partial charge in [0.2, 0.25) is 0 Å². The fourth-order valence-corrected chi connectivity index (χ4v) is 2.96. The van der Waals surface area contributed by atoms with E-state index in [-0.39, 0.29) is 12.6 Å². The maximum absolute atomic E-state index is 12.4. The van der Waals surface area contributed by atoms with Crippen LogP contribution in [0.4, 0.5) is 0 Å². The van der Waals surface area contributed by atoms with Crippen LogP contribution in [0.15, 0.2) is 59.7 Å². The molecular weight excluding hydrogens is 416 g/mol. The number of hydrogen-bond donors (Lipinski definition) is 0. The molecule has 3 rings (SSSR count). The zero-order valence-electron chi connectivity index (χ0n) is 19.0. The number of carbonyl (C=O) groups excluding carboxylic acids is 2. The van der Waals surface area contributed by atoms with Crippen LogP contribution in [-0.2, 0) is 19.0 Å². The van der Waals surface area contributed by atoms with E-state index in [9.17, 15) is 9.59 Å². The van der Waals surface area contributed by atoms with E-state index in [0.29, 0.717) is 35.6 Å². The standard InChI is InChI=1S/C21H21ClO5.2C2H6/c1-14-3-2-4-15(6-5-14)21(24)27-18-11-12-25-19(18)13-26-20(23)16-7-9-17(22)10-8-16;2*1-2/h3-10,18-19H,2,11-13H2,1H3;2*1-2H3. The van der Waals surface area contributed by atoms with Gasteiger partial charge in [-0.3, -0.25) is 0 Å². The smallest absolute Gasteiger partial charge is 0.338 e. The molecule has 170 valence electrons. The lowest BCUT2D eigenvalue weighted by Gasteiger charge is -2.19. The average molecular weight is 449 g/mol. The quantitative estimate of drug-likeness (QED) is 0.510. The molecule has 0 N–H and O–H groups in total. The molecule has 1 aromatic carbocycles. The van der Waals surface area contributed by atoms with E-state index < -0.39 is 18.2 Å². The number of rotatable bonds is 5. The molecule has 31 heavy (non-hydrogen) atoms. The predicted octanol–water partition coefficient (Wildman–Crippen LogP) is 6.08. The van der Waals surface area contributed by atoms with Gasteiger partial charge in [0.15, 0.2) is 0 Å². The van der Waals surface area contributed by atoms with Gasteiger partial charge in [-0.2, -0.15) is 0 Å². The van der Waals surface area contributed by atoms with Crippen molar-refractivity contribution in [3.05, 3.63) is 70.3 Å². The largest absolute Gasteiger partial charge is 0.459 e. The number of carbonyl (C=O) groups is 2. The minimum atomic E-state index is -0.472. The second kappa shape index (κ2) is 14.6. The molecule has 0 bridgehead atoms. The van der Waals surface area contributed by atoms with Crippen molar-refractivity contribution in [2.45, 2.75) is 59.7 Å². The number of hydrogen-bond acceptors (Lipinski definition) is 5. The van der Waals surface area contributed by atoms with Crippen molar-refractivity contribution in [1.29, 1.82) is 0 Å². The fourth-order valence-electron chi connectivity index (χ4n) is 2.83. The molecule has 0 amide bonds. The Hall–Kier alpha value is -2.37. The third-order valence-corrected chi connectivity index (χ3v) is 4.66. The van der Waals surface area contributed by atoms with Gasteiger partial charge in [0.05, 0.1) is 17.7 Å². The fraction of sp³-hybridized carbons (Fsp3) is 0.440. The summed E-state index contributed by atoms with van der Waals surface area (Å²) in [6.07, 6.45) is 7.86. The lowest BCUT2D eigenvalue weighted by molar-refractivity contribution is -0.147. The SMILES string of the molecule is CC.CC.CC1=CCC=C(C(=O)OC2CCOC2COC(=O)c2ccc(Cl)cc2)C=C1. The van der Waals surface area contributed by atoms with Gasteiger partial charge in [0.1, 0.15) is 18.8 Å². The Morgan fingerprint density at radius 2 is 1.71 bits per heavy atom. The number of allylic oxidation sites excluding steroid dienone is 4. The Morgan fingerprint density at radius 3 is 2.39 bits per heavy atom. The molecule has 0 spiro atoms. The predicted molar refractivity (Wildman–Crippen MR) is 124 cm³/mol. The van der Waals surface area contributed by atoms with Crippen LogP contribution in [0.2, 0.25) is 5.02 Å². The second-order valence-corrected chi connectivity index (χ2v) is 6.86. The molecule has 2 unspecified atom stereocenters. The van der Waals surface area contributed by atoms with E-state index in [1.165, 1.54) is 0 Å². The first-order valence-corrected chi connectivity index (χ1v) is 11.2. The first kappa shape index (κ1) is 26.7. The van der Waals surface area contributed by atoms with Gasteiger partial charge in [-0.25, -0.2) is 9.59 Å². The Kier molecular flexibility index (Phi) is 12.6. The molecule has 1 aliphatic heterocycles. The van der Waals surface area contributed by atoms with Crippen molar-refractivity contribution in [2.24, 2.45) is 0 Å². The van der Waals surface area contributed by atoms with Crippen LogP contribution < -0.4 is 0 Å². The lowest BCUT2D eigenvalue weighted by Crippen LogP contribution is -2.32. The third-order valence-electron chi connectivity index (χ3n) is 4.41. The van der Waals surface area contributed by atoms with E-state index in [0.717, 1.165) is 5.57 Å². The molecule has 0 aromatic heterocycles. The van der Waals surface area contributed by atoms with Gasteiger partial charge in [0.25, 0.3) is 0 Å². The van der Waals surface area contributed by atoms with Crippen LogP contribution in [0.1, 0.15) is 57.8 Å². The summed E-state index contributed by atoms with van der Waals surface area (Å²) in [5.41, 5.74) is 2.03. The van der Waals surface area contributed by atoms with Gasteiger partial charge < -0.3 is 14.2 Å². The summed E-state index contributed by atoms with van der Waals surface area (Å²) in [7, 11) is 0. The van der Waals surface area contributed by atoms with Crippen LogP contribution in [-0.4, -0.2) is 37.4 Å². The second-order valence-electron chi connectivity index (χ2n) is 6.42. The first-order valence-electron chi connectivity index (χ1n) is 10.8. The summed E-state index contributed by atoms with van der Waals surface area (Å²) >= 11 is 5.81. The summed E-state index contributed by atoms with van der Waals surface area (Å²) in [6.45, 7) is 10.5. The van der Waals surface area contributed by atoms with Gasteiger partial charge in [-0.15, -0.1) is 0 Å². The van der Waals surface area contributed by atoms with Crippen molar-refractivity contribution < 1.29 is 23.8 Å². The zero-order chi connectivity index (χ0) is 23.2. The van der Waals surface area contributed by atoms with Crippen molar-refractivity contribution in [3.8, 4) is 0 Å². The number of ether oxygens (including phenoxy) is 3. The molecule has 1 aromatic rings. The Balaban J connectivity index is 0.00000113. The van der Waals surface area contributed by atoms with Gasteiger partial charge in [-0.05, 0) is 43.7 Å². The molecule has 5 nitrogen and oxygen atoms in total. The number of benzene rings is 1. The van der Waals surface area contributed by atoms with Gasteiger partial charge >= 0.3 is 11.9 Å². The lowest BCUT2D eigenvalue weighted by atomic mass is 10.1. The molecule has 1 saturated heterocycles. The van der Waals surface area contributed by atoms with E-state index >= 15 is 0 Å². The summed E-state index contributed by atoms with van der Waals surface area (Å²) in [6, 6.07) is 6.44. The Labute approximate surface area is 190 Å². The molecule has 6 heteroatoms. The number of halogens is 1. The minimum absolute atomic E-state index is 0.0228. The van der Waals surface area contributed by atoms with E-state index in [2.05, 4.69) is 0 Å². The van der Waals surface area contributed by atoms with Crippen LogP contribution in [0.3, 0.4) is 0 Å². The van der Waals surface area contributed by atoms with Crippen molar-refractivity contribution >= 4 is 23.5 Å². The van der Waals surface area contributed by atoms with E-state index in [1.54, 1.807) is 30.3 Å². The van der Waals surface area contributed by atoms with E-state index in [1.807, 2.05) is 52.8 Å². The maximum atomic E-state index is 12.4. The van der Waals surface area contributed by atoms with Gasteiger partial charge in [0, 0.05) is 11.4 Å². The first-order chi connectivity index (χ1) is 15.0. The molecule has 1 aliphatic carbocycles. The highest BCUT2D eigenvalue weighted by Gasteiger charge is 2.33. The summed E-state index contributed by atoms with van der Waals surface area (Å²) in [5, 5.41) is 0.546. The monoisotopic (exact) mass is 448 g/mol. The van der Waals surface area contributed by atoms with Crippen LogP contribution in [0.25, 0.3) is 0 Å². The molecule has 0 saturated carbocycles. The highest BCUT2D eigenvalue weighted by Crippen LogP contribution is 2.21. The normalized spacial score (nSPS) is 19.4. The summed E-state index contributed by atoms with van der Waals surface area (Å²) < 4.78 is 16.5. The highest BCUT2D eigenvalue weighted by molar-refractivity contribution is 6.30. The molecule has 1 fully saturated rings. The van der Waals surface area contributed by atoms with Crippen LogP contribution >= 0.6 is 11.6 Å². The number of esters is 2. The maximum Gasteiger partial charge on any atom is 0.338 e. The van der Waals surface area contributed by atoms with Crippen LogP contribution in [0.5, 0.6) is 0 Å². The third kappa shape index (κ3) is 8.72. The summed E-state index contributed by atoms with van der Waals surface area (Å²) in [4.78, 5) is 24.5. The topological polar surface area (TPSA) is 61.8 Å². The molecule has 2 atom stereocenters. The molecule has 2 aliphatic rings. The Bertz CT molecular complexity index is 793. The van der Waals surface area contributed by atoms with Gasteiger partial charge in [-0.1, -0.05) is 63.1 Å².